The summed E-state index contributed by atoms with van der Waals surface area (Å²) in [7, 11) is 0. The molecule has 0 bridgehead atoms. The molecule has 0 amide bonds. The monoisotopic (exact) mass is 260 g/mol. The Hall–Kier alpha value is -0.290. The predicted molar refractivity (Wildman–Crippen MR) is 57.0 cm³/mol. The molecule has 0 aliphatic carbocycles. The Kier molecular flexibility index (Phi) is 2.74. The van der Waals surface area contributed by atoms with Gasteiger partial charge in [0, 0.05) is 5.25 Å². The third-order valence-electron chi connectivity index (χ3n) is 2.04. The average Bonchev–Trinajstić information content (AvgIpc) is 2.62. The van der Waals surface area contributed by atoms with Gasteiger partial charge in [-0.1, -0.05) is 0 Å². The van der Waals surface area contributed by atoms with Gasteiger partial charge in [0.25, 0.3) is 5.56 Å². The molecule has 5 heteroatoms. The highest BCUT2D eigenvalue weighted by molar-refractivity contribution is 9.10. The first-order valence-corrected chi connectivity index (χ1v) is 5.98. The molecular weight excluding hydrogens is 252 g/mol. The van der Waals surface area contributed by atoms with E-state index in [2.05, 4.69) is 26.1 Å². The molecule has 1 saturated heterocycles. The molecule has 2 heterocycles. The lowest BCUT2D eigenvalue weighted by molar-refractivity contribution is 0.776. The largest absolute Gasteiger partial charge is 0.278 e. The molecular formula is C8H9BrN2OS. The minimum Gasteiger partial charge on any atom is -0.267 e. The standard InChI is InChI=1S/C8H9BrN2OS/c9-5-4-6(10-11-8(5)12)7-2-1-3-13-7/h4,7H,1-3H2,(H,11,12). The quantitative estimate of drug-likeness (QED) is 0.842. The number of nitrogens with zero attached hydrogens (tertiary/aromatic N) is 1. The van der Waals surface area contributed by atoms with E-state index in [1.54, 1.807) is 0 Å². The summed E-state index contributed by atoms with van der Waals surface area (Å²) in [5.74, 6) is 1.20. The van der Waals surface area contributed by atoms with E-state index in [9.17, 15) is 4.79 Å². The van der Waals surface area contributed by atoms with E-state index in [-0.39, 0.29) is 5.56 Å². The molecule has 70 valence electrons. The lowest BCUT2D eigenvalue weighted by Crippen LogP contribution is -2.11. The Balaban J connectivity index is 2.30. The number of halogens is 1. The van der Waals surface area contributed by atoms with Crippen molar-refractivity contribution < 1.29 is 0 Å². The molecule has 3 nitrogen and oxygen atoms in total. The van der Waals surface area contributed by atoms with Gasteiger partial charge >= 0.3 is 0 Å². The molecule has 0 saturated carbocycles. The zero-order valence-corrected chi connectivity index (χ0v) is 9.32. The van der Waals surface area contributed by atoms with Crippen molar-refractivity contribution in [1.29, 1.82) is 0 Å². The first-order chi connectivity index (χ1) is 6.27. The van der Waals surface area contributed by atoms with E-state index >= 15 is 0 Å². The van der Waals surface area contributed by atoms with Crippen molar-refractivity contribution in [3.63, 3.8) is 0 Å². The molecule has 2 rings (SSSR count). The number of thioether (sulfide) groups is 1. The van der Waals surface area contributed by atoms with E-state index in [0.29, 0.717) is 9.72 Å². The number of aromatic nitrogens is 2. The highest BCUT2D eigenvalue weighted by atomic mass is 79.9. The van der Waals surface area contributed by atoms with E-state index in [4.69, 9.17) is 0 Å². The summed E-state index contributed by atoms with van der Waals surface area (Å²) < 4.78 is 0.574. The van der Waals surface area contributed by atoms with Gasteiger partial charge in [-0.3, -0.25) is 4.79 Å². The van der Waals surface area contributed by atoms with Crippen LogP contribution in [-0.2, 0) is 0 Å². The Bertz CT molecular complexity index is 359. The highest BCUT2D eigenvalue weighted by Crippen LogP contribution is 2.38. The Morgan fingerprint density at radius 3 is 3.15 bits per heavy atom. The molecule has 1 unspecified atom stereocenters. The summed E-state index contributed by atoms with van der Waals surface area (Å²) in [6.45, 7) is 0. The van der Waals surface area contributed by atoms with Crippen molar-refractivity contribution in [3.05, 3.63) is 26.6 Å². The zero-order chi connectivity index (χ0) is 9.26. The Morgan fingerprint density at radius 2 is 2.54 bits per heavy atom. The van der Waals surface area contributed by atoms with Crippen LogP contribution in [0, 0.1) is 0 Å². The molecule has 0 radical (unpaired) electrons. The minimum atomic E-state index is -0.160. The van der Waals surface area contributed by atoms with Crippen LogP contribution < -0.4 is 5.56 Å². The van der Waals surface area contributed by atoms with Gasteiger partial charge in [-0.25, -0.2) is 5.10 Å². The van der Waals surface area contributed by atoms with Gasteiger partial charge in [0.1, 0.15) is 0 Å². The topological polar surface area (TPSA) is 45.8 Å². The predicted octanol–water partition coefficient (Wildman–Crippen LogP) is 2.10. The van der Waals surface area contributed by atoms with Gasteiger partial charge in [-0.2, -0.15) is 16.9 Å². The third-order valence-corrected chi connectivity index (χ3v) is 4.03. The van der Waals surface area contributed by atoms with Crippen LogP contribution >= 0.6 is 27.7 Å². The van der Waals surface area contributed by atoms with Crippen LogP contribution in [0.4, 0.5) is 0 Å². The number of aromatic amines is 1. The van der Waals surface area contributed by atoms with Crippen LogP contribution in [0.2, 0.25) is 0 Å². The molecule has 1 aliphatic rings. The third kappa shape index (κ3) is 1.96. The second kappa shape index (κ2) is 3.84. The van der Waals surface area contributed by atoms with E-state index in [0.717, 1.165) is 12.1 Å². The lowest BCUT2D eigenvalue weighted by Gasteiger charge is -2.06. The maximum Gasteiger partial charge on any atom is 0.278 e. The summed E-state index contributed by atoms with van der Waals surface area (Å²) >= 11 is 5.10. The van der Waals surface area contributed by atoms with Crippen LogP contribution in [0.3, 0.4) is 0 Å². The number of hydrogen-bond donors (Lipinski definition) is 1. The Labute approximate surface area is 88.4 Å². The first-order valence-electron chi connectivity index (χ1n) is 4.14. The molecule has 1 aromatic heterocycles. The molecule has 1 fully saturated rings. The number of hydrogen-bond acceptors (Lipinski definition) is 3. The average molecular weight is 261 g/mol. The summed E-state index contributed by atoms with van der Waals surface area (Å²) in [5, 5.41) is 6.98. The van der Waals surface area contributed by atoms with E-state index in [1.807, 2.05) is 17.8 Å². The second-order valence-electron chi connectivity index (χ2n) is 2.97. The van der Waals surface area contributed by atoms with E-state index in [1.165, 1.54) is 12.2 Å². The van der Waals surface area contributed by atoms with Crippen molar-refractivity contribution in [3.8, 4) is 0 Å². The van der Waals surface area contributed by atoms with Crippen molar-refractivity contribution in [2.75, 3.05) is 5.75 Å². The maximum absolute atomic E-state index is 11.0. The van der Waals surface area contributed by atoms with Crippen LogP contribution in [0.15, 0.2) is 15.3 Å². The molecule has 13 heavy (non-hydrogen) atoms. The molecule has 1 aromatic rings. The van der Waals surface area contributed by atoms with Gasteiger partial charge in [0.05, 0.1) is 10.2 Å². The van der Waals surface area contributed by atoms with Crippen LogP contribution in [0.25, 0.3) is 0 Å². The van der Waals surface area contributed by atoms with Gasteiger partial charge < -0.3 is 0 Å². The Morgan fingerprint density at radius 1 is 1.69 bits per heavy atom. The van der Waals surface area contributed by atoms with Crippen molar-refractivity contribution in [2.24, 2.45) is 0 Å². The summed E-state index contributed by atoms with van der Waals surface area (Å²) in [6, 6.07) is 1.82. The molecule has 1 aliphatic heterocycles. The summed E-state index contributed by atoms with van der Waals surface area (Å²) in [4.78, 5) is 11.0. The van der Waals surface area contributed by atoms with E-state index < -0.39 is 0 Å². The summed E-state index contributed by atoms with van der Waals surface area (Å²) in [6.07, 6.45) is 2.41. The molecule has 0 aromatic carbocycles. The van der Waals surface area contributed by atoms with Crippen LogP contribution in [0.1, 0.15) is 23.8 Å². The second-order valence-corrected chi connectivity index (χ2v) is 5.14. The lowest BCUT2D eigenvalue weighted by atomic mass is 10.2. The molecule has 1 N–H and O–H groups in total. The molecule has 1 atom stereocenters. The minimum absolute atomic E-state index is 0.160. The zero-order valence-electron chi connectivity index (χ0n) is 6.92. The maximum atomic E-state index is 11.0. The number of H-pyrrole nitrogens is 1. The van der Waals surface area contributed by atoms with Gasteiger partial charge in [-0.05, 0) is 40.6 Å². The van der Waals surface area contributed by atoms with Gasteiger partial charge in [-0.15, -0.1) is 0 Å². The first kappa shape index (κ1) is 9.27. The smallest absolute Gasteiger partial charge is 0.267 e. The van der Waals surface area contributed by atoms with Crippen molar-refractivity contribution >= 4 is 27.7 Å². The van der Waals surface area contributed by atoms with Gasteiger partial charge in [0.15, 0.2) is 0 Å². The molecule has 0 spiro atoms. The fourth-order valence-electron chi connectivity index (χ4n) is 1.37. The number of nitrogens with one attached hydrogen (secondary N) is 1. The highest BCUT2D eigenvalue weighted by Gasteiger charge is 2.19. The van der Waals surface area contributed by atoms with Gasteiger partial charge in [0.2, 0.25) is 0 Å². The fourth-order valence-corrected chi connectivity index (χ4v) is 2.94. The SMILES string of the molecule is O=c1[nH]nc(C2CCCS2)cc1Br. The van der Waals surface area contributed by atoms with Crippen molar-refractivity contribution in [2.45, 2.75) is 18.1 Å². The van der Waals surface area contributed by atoms with Crippen LogP contribution in [-0.4, -0.2) is 16.0 Å². The summed E-state index contributed by atoms with van der Waals surface area (Å²) in [5.41, 5.74) is 0.820. The number of rotatable bonds is 1. The normalized spacial score (nSPS) is 22.1. The fraction of sp³-hybridized carbons (Fsp3) is 0.500. The van der Waals surface area contributed by atoms with Crippen molar-refractivity contribution in [1.82, 2.24) is 10.2 Å². The van der Waals surface area contributed by atoms with Crippen LogP contribution in [0.5, 0.6) is 0 Å².